The number of rotatable bonds is 8. The minimum absolute atomic E-state index is 0.0570. The van der Waals surface area contributed by atoms with Gasteiger partial charge in [-0.2, -0.15) is 0 Å². The van der Waals surface area contributed by atoms with Gasteiger partial charge in [-0.1, -0.05) is 48.6 Å². The van der Waals surface area contributed by atoms with Gasteiger partial charge in [0.15, 0.2) is 5.75 Å². The van der Waals surface area contributed by atoms with Crippen molar-refractivity contribution in [1.29, 1.82) is 0 Å². The molecule has 0 saturated carbocycles. The number of benzene rings is 2. The van der Waals surface area contributed by atoms with Crippen molar-refractivity contribution in [1.82, 2.24) is 0 Å². The number of hydrogen-bond acceptors (Lipinski definition) is 4. The Labute approximate surface area is 140 Å². The number of nitro benzene ring substituents is 1. The Kier molecular flexibility index (Phi) is 6.05. The Morgan fingerprint density at radius 3 is 2.57 bits per heavy atom. The summed E-state index contributed by atoms with van der Waals surface area (Å²) >= 11 is 4.83. The van der Waals surface area contributed by atoms with E-state index in [1.54, 1.807) is 12.1 Å². The van der Waals surface area contributed by atoms with Crippen LogP contribution in [-0.2, 0) is 12.8 Å². The molecule has 2 aromatic rings. The third kappa shape index (κ3) is 5.34. The topological polar surface area (TPSA) is 78.4 Å². The average molecular weight is 330 g/mol. The summed E-state index contributed by atoms with van der Waals surface area (Å²) in [5.74, 6) is 0.273. The molecule has 0 aliphatic rings. The van der Waals surface area contributed by atoms with Gasteiger partial charge in [-0.15, -0.1) is 0 Å². The van der Waals surface area contributed by atoms with Crippen LogP contribution in [0.2, 0.25) is 0 Å². The molecule has 0 amide bonds. The first kappa shape index (κ1) is 16.9. The summed E-state index contributed by atoms with van der Waals surface area (Å²) < 4.78 is 5.57. The number of thiocarbonyl (C=S) groups is 1. The summed E-state index contributed by atoms with van der Waals surface area (Å²) in [7, 11) is 0. The van der Waals surface area contributed by atoms with Crippen LogP contribution in [0.5, 0.6) is 5.75 Å². The molecule has 23 heavy (non-hydrogen) atoms. The van der Waals surface area contributed by atoms with Crippen LogP contribution in [0.3, 0.4) is 0 Å². The third-order valence-electron chi connectivity index (χ3n) is 3.31. The fourth-order valence-corrected chi connectivity index (χ4v) is 2.41. The van der Waals surface area contributed by atoms with Gasteiger partial charge in [-0.25, -0.2) is 0 Å². The SMILES string of the molecule is NC(=S)Cc1ccc(OCCCc2ccccc2)c([N+](=O)[O-])c1. The Hall–Kier alpha value is -2.47. The van der Waals surface area contributed by atoms with Gasteiger partial charge in [0.25, 0.3) is 0 Å². The van der Waals surface area contributed by atoms with Crippen LogP contribution in [0.4, 0.5) is 5.69 Å². The lowest BCUT2D eigenvalue weighted by atomic mass is 10.1. The monoisotopic (exact) mass is 330 g/mol. The first-order valence-corrected chi connectivity index (χ1v) is 7.69. The second-order valence-electron chi connectivity index (χ2n) is 5.14. The van der Waals surface area contributed by atoms with Gasteiger partial charge in [0.05, 0.1) is 16.5 Å². The van der Waals surface area contributed by atoms with Gasteiger partial charge >= 0.3 is 5.69 Å². The first-order chi connectivity index (χ1) is 11.1. The molecule has 6 heteroatoms. The predicted octanol–water partition coefficient (Wildman–Crippen LogP) is 3.44. The minimum atomic E-state index is -0.449. The van der Waals surface area contributed by atoms with E-state index >= 15 is 0 Å². The molecular formula is C17H18N2O3S. The van der Waals surface area contributed by atoms with Crippen molar-refractivity contribution in [2.45, 2.75) is 19.3 Å². The second kappa shape index (κ2) is 8.24. The van der Waals surface area contributed by atoms with Gasteiger partial charge in [0.2, 0.25) is 0 Å². The summed E-state index contributed by atoms with van der Waals surface area (Å²) in [6.07, 6.45) is 1.99. The number of nitro groups is 1. The average Bonchev–Trinajstić information content (AvgIpc) is 2.53. The van der Waals surface area contributed by atoms with Crippen LogP contribution in [0.1, 0.15) is 17.5 Å². The minimum Gasteiger partial charge on any atom is -0.487 e. The van der Waals surface area contributed by atoms with Crippen molar-refractivity contribution in [2.75, 3.05) is 6.61 Å². The van der Waals surface area contributed by atoms with Gasteiger partial charge in [0.1, 0.15) is 0 Å². The van der Waals surface area contributed by atoms with Crippen molar-refractivity contribution >= 4 is 22.9 Å². The van der Waals surface area contributed by atoms with Gasteiger partial charge in [-0.3, -0.25) is 10.1 Å². The molecule has 120 valence electrons. The fourth-order valence-electron chi connectivity index (χ4n) is 2.24. The molecule has 0 fully saturated rings. The van der Waals surface area contributed by atoms with Crippen LogP contribution in [0.15, 0.2) is 48.5 Å². The Morgan fingerprint density at radius 1 is 1.17 bits per heavy atom. The zero-order chi connectivity index (χ0) is 16.7. The van der Waals surface area contributed by atoms with E-state index in [1.165, 1.54) is 11.6 Å². The molecule has 0 atom stereocenters. The highest BCUT2D eigenvalue weighted by molar-refractivity contribution is 7.80. The van der Waals surface area contributed by atoms with Crippen molar-refractivity contribution in [2.24, 2.45) is 5.73 Å². The summed E-state index contributed by atoms with van der Waals surface area (Å²) in [6.45, 7) is 0.421. The normalized spacial score (nSPS) is 10.3. The summed E-state index contributed by atoms with van der Waals surface area (Å²) in [4.78, 5) is 11.0. The molecule has 0 aliphatic heterocycles. The third-order valence-corrected chi connectivity index (χ3v) is 3.45. The van der Waals surface area contributed by atoms with Crippen molar-refractivity contribution < 1.29 is 9.66 Å². The summed E-state index contributed by atoms with van der Waals surface area (Å²) in [5.41, 5.74) is 7.34. The molecule has 0 radical (unpaired) electrons. The fraction of sp³-hybridized carbons (Fsp3) is 0.235. The molecule has 0 aliphatic carbocycles. The maximum atomic E-state index is 11.2. The molecule has 0 bridgehead atoms. The van der Waals surface area contributed by atoms with E-state index in [9.17, 15) is 10.1 Å². The first-order valence-electron chi connectivity index (χ1n) is 7.28. The lowest BCUT2D eigenvalue weighted by molar-refractivity contribution is -0.385. The zero-order valence-electron chi connectivity index (χ0n) is 12.6. The number of ether oxygens (including phenoxy) is 1. The van der Waals surface area contributed by atoms with Crippen LogP contribution in [0.25, 0.3) is 0 Å². The zero-order valence-corrected chi connectivity index (χ0v) is 13.4. The van der Waals surface area contributed by atoms with E-state index in [-0.39, 0.29) is 11.4 Å². The highest BCUT2D eigenvalue weighted by Gasteiger charge is 2.16. The van der Waals surface area contributed by atoms with E-state index in [4.69, 9.17) is 22.7 Å². The smallest absolute Gasteiger partial charge is 0.311 e. The molecule has 0 spiro atoms. The van der Waals surface area contributed by atoms with Crippen LogP contribution in [0, 0.1) is 10.1 Å². The largest absolute Gasteiger partial charge is 0.487 e. The Bertz CT molecular complexity index is 689. The van der Waals surface area contributed by atoms with E-state index in [0.717, 1.165) is 12.8 Å². The van der Waals surface area contributed by atoms with Crippen LogP contribution in [-0.4, -0.2) is 16.5 Å². The van der Waals surface area contributed by atoms with E-state index in [2.05, 4.69) is 0 Å². The summed E-state index contributed by atoms with van der Waals surface area (Å²) in [5, 5.41) is 11.2. The molecule has 2 aromatic carbocycles. The van der Waals surface area contributed by atoms with E-state index in [1.807, 2.05) is 30.3 Å². The maximum Gasteiger partial charge on any atom is 0.311 e. The molecule has 2 rings (SSSR count). The molecule has 5 nitrogen and oxygen atoms in total. The molecule has 2 N–H and O–H groups in total. The molecule has 0 saturated heterocycles. The molecule has 0 heterocycles. The number of nitrogens with zero attached hydrogens (tertiary/aromatic N) is 1. The standard InChI is InChI=1S/C17H18N2O3S/c18-17(23)12-14-8-9-16(15(11-14)19(20)21)22-10-4-7-13-5-2-1-3-6-13/h1-3,5-6,8-9,11H,4,7,10,12H2,(H2,18,23). The van der Waals surface area contributed by atoms with Crippen molar-refractivity contribution in [3.8, 4) is 5.75 Å². The lowest BCUT2D eigenvalue weighted by Gasteiger charge is -2.08. The van der Waals surface area contributed by atoms with Gasteiger partial charge in [-0.05, 0) is 30.0 Å². The van der Waals surface area contributed by atoms with Gasteiger partial charge in [0, 0.05) is 12.5 Å². The molecular weight excluding hydrogens is 312 g/mol. The lowest BCUT2D eigenvalue weighted by Crippen LogP contribution is -2.11. The Morgan fingerprint density at radius 2 is 1.91 bits per heavy atom. The predicted molar refractivity (Wildman–Crippen MR) is 93.8 cm³/mol. The van der Waals surface area contributed by atoms with Crippen molar-refractivity contribution in [3.63, 3.8) is 0 Å². The maximum absolute atomic E-state index is 11.2. The Balaban J connectivity index is 1.96. The molecule has 0 aromatic heterocycles. The van der Waals surface area contributed by atoms with E-state index in [0.29, 0.717) is 23.6 Å². The highest BCUT2D eigenvalue weighted by Crippen LogP contribution is 2.28. The summed E-state index contributed by atoms with van der Waals surface area (Å²) in [6, 6.07) is 14.9. The second-order valence-corrected chi connectivity index (χ2v) is 5.66. The van der Waals surface area contributed by atoms with E-state index < -0.39 is 4.92 Å². The number of nitrogens with two attached hydrogens (primary N) is 1. The quantitative estimate of drug-likeness (QED) is 0.347. The highest BCUT2D eigenvalue weighted by atomic mass is 32.1. The van der Waals surface area contributed by atoms with Crippen LogP contribution < -0.4 is 10.5 Å². The van der Waals surface area contributed by atoms with Gasteiger partial charge < -0.3 is 10.5 Å². The van der Waals surface area contributed by atoms with Crippen molar-refractivity contribution in [3.05, 3.63) is 69.8 Å². The number of aryl methyl sites for hydroxylation is 1. The number of hydrogen-bond donors (Lipinski definition) is 1. The van der Waals surface area contributed by atoms with Crippen LogP contribution >= 0.6 is 12.2 Å². The molecule has 0 unspecified atom stereocenters.